The lowest BCUT2D eigenvalue weighted by atomic mass is 10.1. The van der Waals surface area contributed by atoms with Crippen molar-refractivity contribution < 1.29 is 14.0 Å². The number of carbonyl (C=O) groups is 2. The lowest BCUT2D eigenvalue weighted by molar-refractivity contribution is -0.132. The number of rotatable bonds is 3. The van der Waals surface area contributed by atoms with E-state index in [2.05, 4.69) is 0 Å². The Morgan fingerprint density at radius 3 is 2.95 bits per heavy atom. The van der Waals surface area contributed by atoms with Gasteiger partial charge in [0.15, 0.2) is 0 Å². The summed E-state index contributed by atoms with van der Waals surface area (Å²) in [5, 5.41) is 0. The van der Waals surface area contributed by atoms with Crippen molar-refractivity contribution in [2.75, 3.05) is 6.54 Å². The molecule has 1 saturated heterocycles. The van der Waals surface area contributed by atoms with Crippen molar-refractivity contribution in [1.82, 2.24) is 10.3 Å². The lowest BCUT2D eigenvalue weighted by Gasteiger charge is -2.23. The first-order valence-electron chi connectivity index (χ1n) is 6.57. The van der Waals surface area contributed by atoms with Gasteiger partial charge < -0.3 is 9.32 Å². The molecular weight excluding hydrogens is 246 g/mol. The van der Waals surface area contributed by atoms with Gasteiger partial charge in [0.05, 0.1) is 12.1 Å². The maximum atomic E-state index is 12.0. The second-order valence-corrected chi connectivity index (χ2v) is 4.75. The topological polar surface area (TPSA) is 88.6 Å². The summed E-state index contributed by atoms with van der Waals surface area (Å²) in [5.74, 6) is 5.42. The van der Waals surface area contributed by atoms with Gasteiger partial charge in [-0.25, -0.2) is 5.84 Å². The van der Waals surface area contributed by atoms with Crippen molar-refractivity contribution in [2.45, 2.75) is 38.6 Å². The lowest BCUT2D eigenvalue weighted by Crippen LogP contribution is -2.32. The zero-order valence-corrected chi connectivity index (χ0v) is 10.9. The molecule has 0 atom stereocenters. The van der Waals surface area contributed by atoms with E-state index in [9.17, 15) is 9.59 Å². The normalized spacial score (nSPS) is 16.9. The standard InChI is InChI=1S/C13H19N3O3/c14-15-13(18)10-7-11(19-9-10)8-16-6-4-2-1-3-5-12(16)17/h7,9H,1-6,8,14H2,(H,15,18). The van der Waals surface area contributed by atoms with E-state index in [4.69, 9.17) is 10.3 Å². The number of hydrazine groups is 1. The van der Waals surface area contributed by atoms with Gasteiger partial charge in [-0.2, -0.15) is 0 Å². The largest absolute Gasteiger partial charge is 0.467 e. The zero-order valence-electron chi connectivity index (χ0n) is 10.9. The summed E-state index contributed by atoms with van der Waals surface area (Å²) in [6.07, 6.45) is 6.20. The number of hydrogen-bond acceptors (Lipinski definition) is 4. The van der Waals surface area contributed by atoms with Crippen LogP contribution in [0.1, 0.15) is 48.2 Å². The number of hydrogen-bond donors (Lipinski definition) is 2. The minimum atomic E-state index is -0.394. The Labute approximate surface area is 111 Å². The highest BCUT2D eigenvalue weighted by Gasteiger charge is 2.18. The number of nitrogens with two attached hydrogens (primary N) is 1. The SMILES string of the molecule is NNC(=O)c1coc(CN2CCCCCCC2=O)c1. The highest BCUT2D eigenvalue weighted by molar-refractivity contribution is 5.93. The fraction of sp³-hybridized carbons (Fsp3) is 0.538. The number of nitrogen functional groups attached to an aromatic ring is 1. The van der Waals surface area contributed by atoms with Gasteiger partial charge in [0.1, 0.15) is 12.0 Å². The van der Waals surface area contributed by atoms with Crippen molar-refractivity contribution in [2.24, 2.45) is 5.84 Å². The molecule has 3 N–H and O–H groups in total. The van der Waals surface area contributed by atoms with Crippen LogP contribution in [0.25, 0.3) is 0 Å². The van der Waals surface area contributed by atoms with Gasteiger partial charge in [-0.05, 0) is 18.9 Å². The summed E-state index contributed by atoms with van der Waals surface area (Å²) >= 11 is 0. The van der Waals surface area contributed by atoms with Crippen LogP contribution in [0.3, 0.4) is 0 Å². The van der Waals surface area contributed by atoms with E-state index in [0.717, 1.165) is 32.2 Å². The molecule has 2 heterocycles. The first kappa shape index (κ1) is 13.6. The minimum Gasteiger partial charge on any atom is -0.467 e. The second-order valence-electron chi connectivity index (χ2n) is 4.75. The molecule has 19 heavy (non-hydrogen) atoms. The van der Waals surface area contributed by atoms with Crippen molar-refractivity contribution in [3.8, 4) is 0 Å². The fourth-order valence-corrected chi connectivity index (χ4v) is 2.24. The predicted molar refractivity (Wildman–Crippen MR) is 68.9 cm³/mol. The molecule has 0 aliphatic carbocycles. The number of nitrogens with zero attached hydrogens (tertiary/aromatic N) is 1. The summed E-state index contributed by atoms with van der Waals surface area (Å²) in [7, 11) is 0. The monoisotopic (exact) mass is 265 g/mol. The van der Waals surface area contributed by atoms with E-state index in [1.165, 1.54) is 6.26 Å². The van der Waals surface area contributed by atoms with Crippen molar-refractivity contribution in [1.29, 1.82) is 0 Å². The highest BCUT2D eigenvalue weighted by Crippen LogP contribution is 2.16. The maximum Gasteiger partial charge on any atom is 0.268 e. The smallest absolute Gasteiger partial charge is 0.268 e. The van der Waals surface area contributed by atoms with Crippen molar-refractivity contribution in [3.63, 3.8) is 0 Å². The zero-order chi connectivity index (χ0) is 13.7. The van der Waals surface area contributed by atoms with Crippen LogP contribution in [0.5, 0.6) is 0 Å². The molecule has 1 aromatic heterocycles. The molecule has 1 aliphatic rings. The van der Waals surface area contributed by atoms with Crippen LogP contribution in [0.2, 0.25) is 0 Å². The molecule has 2 amide bonds. The number of carbonyl (C=O) groups excluding carboxylic acids is 2. The van der Waals surface area contributed by atoms with Crippen LogP contribution in [-0.2, 0) is 11.3 Å². The van der Waals surface area contributed by atoms with Crippen LogP contribution in [0.15, 0.2) is 16.7 Å². The number of furan rings is 1. The summed E-state index contributed by atoms with van der Waals surface area (Å²) in [4.78, 5) is 25.1. The Bertz CT molecular complexity index is 456. The maximum absolute atomic E-state index is 12.0. The third kappa shape index (κ3) is 3.57. The molecule has 0 bridgehead atoms. The molecule has 0 saturated carbocycles. The van der Waals surface area contributed by atoms with Gasteiger partial charge >= 0.3 is 0 Å². The Kier molecular flexibility index (Phi) is 4.57. The van der Waals surface area contributed by atoms with Gasteiger partial charge in [0, 0.05) is 13.0 Å². The summed E-state index contributed by atoms with van der Waals surface area (Å²) < 4.78 is 5.30. The Morgan fingerprint density at radius 1 is 1.37 bits per heavy atom. The Morgan fingerprint density at radius 2 is 2.16 bits per heavy atom. The Balaban J connectivity index is 2.00. The molecule has 1 aliphatic heterocycles. The van der Waals surface area contributed by atoms with Crippen LogP contribution < -0.4 is 11.3 Å². The van der Waals surface area contributed by atoms with E-state index >= 15 is 0 Å². The van der Waals surface area contributed by atoms with Crippen molar-refractivity contribution >= 4 is 11.8 Å². The molecule has 0 unspecified atom stereocenters. The molecule has 0 radical (unpaired) electrons. The summed E-state index contributed by atoms with van der Waals surface area (Å²) in [6, 6.07) is 1.62. The quantitative estimate of drug-likeness (QED) is 0.488. The second kappa shape index (κ2) is 6.38. The summed E-state index contributed by atoms with van der Waals surface area (Å²) in [5.41, 5.74) is 2.42. The molecule has 0 aromatic carbocycles. The average Bonchev–Trinajstić information content (AvgIpc) is 2.86. The van der Waals surface area contributed by atoms with Crippen LogP contribution in [0, 0.1) is 0 Å². The molecular formula is C13H19N3O3. The van der Waals surface area contributed by atoms with Crippen LogP contribution in [-0.4, -0.2) is 23.3 Å². The van der Waals surface area contributed by atoms with Crippen LogP contribution in [0.4, 0.5) is 0 Å². The van der Waals surface area contributed by atoms with Gasteiger partial charge in [0.25, 0.3) is 5.91 Å². The molecule has 6 nitrogen and oxygen atoms in total. The molecule has 6 heteroatoms. The first-order chi connectivity index (χ1) is 9.20. The fourth-order valence-electron chi connectivity index (χ4n) is 2.24. The number of likely N-dealkylation sites (tertiary alicyclic amines) is 1. The molecule has 104 valence electrons. The van der Waals surface area contributed by atoms with Crippen molar-refractivity contribution in [3.05, 3.63) is 23.7 Å². The minimum absolute atomic E-state index is 0.154. The van der Waals surface area contributed by atoms with E-state index in [1.807, 2.05) is 5.43 Å². The van der Waals surface area contributed by atoms with E-state index in [-0.39, 0.29) is 5.91 Å². The molecule has 1 fully saturated rings. The number of amides is 2. The first-order valence-corrected chi connectivity index (χ1v) is 6.57. The van der Waals surface area contributed by atoms with E-state index in [1.54, 1.807) is 11.0 Å². The van der Waals surface area contributed by atoms with E-state index < -0.39 is 5.91 Å². The Hall–Kier alpha value is -1.82. The third-order valence-electron chi connectivity index (χ3n) is 3.32. The predicted octanol–water partition coefficient (Wildman–Crippen LogP) is 1.18. The highest BCUT2D eigenvalue weighted by atomic mass is 16.3. The van der Waals surface area contributed by atoms with Gasteiger partial charge in [-0.1, -0.05) is 12.8 Å². The molecule has 1 aromatic rings. The number of nitrogens with one attached hydrogen (secondary N) is 1. The van der Waals surface area contributed by atoms with Gasteiger partial charge in [0.2, 0.25) is 5.91 Å². The third-order valence-corrected chi connectivity index (χ3v) is 3.32. The summed E-state index contributed by atoms with van der Waals surface area (Å²) in [6.45, 7) is 1.16. The molecule has 0 spiro atoms. The van der Waals surface area contributed by atoms with Gasteiger partial charge in [-0.15, -0.1) is 0 Å². The van der Waals surface area contributed by atoms with Gasteiger partial charge in [-0.3, -0.25) is 15.0 Å². The average molecular weight is 265 g/mol. The van der Waals surface area contributed by atoms with E-state index in [0.29, 0.717) is 24.3 Å². The molecule has 2 rings (SSSR count). The van der Waals surface area contributed by atoms with Crippen LogP contribution >= 0.6 is 0 Å².